The number of benzene rings is 1. The number of halogens is 2. The van der Waals surface area contributed by atoms with Gasteiger partial charge in [0.2, 0.25) is 0 Å². The predicted molar refractivity (Wildman–Crippen MR) is 66.8 cm³/mol. The summed E-state index contributed by atoms with van der Waals surface area (Å²) >= 11 is 0. The number of H-pyrrole nitrogens is 1. The summed E-state index contributed by atoms with van der Waals surface area (Å²) in [5, 5.41) is 4.35. The Morgan fingerprint density at radius 1 is 1.28 bits per heavy atom. The highest BCUT2D eigenvalue weighted by molar-refractivity contribution is 5.82. The van der Waals surface area contributed by atoms with E-state index >= 15 is 0 Å². The van der Waals surface area contributed by atoms with Gasteiger partial charge >= 0.3 is 0 Å². The van der Waals surface area contributed by atoms with E-state index in [1.807, 2.05) is 30.5 Å². The van der Waals surface area contributed by atoms with Gasteiger partial charge in [-0.05, 0) is 17.7 Å². The smallest absolute Gasteiger partial charge is 0.261 e. The van der Waals surface area contributed by atoms with E-state index in [0.29, 0.717) is 19.7 Å². The number of ether oxygens (including phenoxy) is 1. The van der Waals surface area contributed by atoms with Gasteiger partial charge in [0.05, 0.1) is 6.61 Å². The van der Waals surface area contributed by atoms with Crippen LogP contribution in [-0.2, 0) is 11.3 Å². The second-order valence-corrected chi connectivity index (χ2v) is 4.00. The minimum Gasteiger partial charge on any atom is -0.374 e. The summed E-state index contributed by atoms with van der Waals surface area (Å²) < 4.78 is 28.4. The molecule has 0 aliphatic carbocycles. The largest absolute Gasteiger partial charge is 0.374 e. The highest BCUT2D eigenvalue weighted by atomic mass is 19.3. The molecule has 0 aliphatic heterocycles. The molecule has 0 aliphatic rings. The lowest BCUT2D eigenvalue weighted by molar-refractivity contribution is 0.0187. The summed E-state index contributed by atoms with van der Waals surface area (Å²) in [6, 6.07) is 8.08. The van der Waals surface area contributed by atoms with Crippen LogP contribution in [0.1, 0.15) is 5.56 Å². The number of aromatic nitrogens is 1. The van der Waals surface area contributed by atoms with Gasteiger partial charge < -0.3 is 15.0 Å². The Bertz CT molecular complexity index is 485. The second kappa shape index (κ2) is 6.47. The Morgan fingerprint density at radius 3 is 3.00 bits per heavy atom. The average Bonchev–Trinajstić information content (AvgIpc) is 2.82. The molecular weight excluding hydrogens is 238 g/mol. The molecule has 1 aromatic heterocycles. The summed E-state index contributed by atoms with van der Waals surface area (Å²) in [6.45, 7) is 1.07. The number of aromatic amines is 1. The third kappa shape index (κ3) is 3.51. The van der Waals surface area contributed by atoms with Gasteiger partial charge in [-0.1, -0.05) is 12.1 Å². The molecule has 0 saturated carbocycles. The predicted octanol–water partition coefficient (Wildman–Crippen LogP) is 2.54. The lowest BCUT2D eigenvalue weighted by atomic mass is 10.1. The standard InChI is InChI=1S/C13H16F2N2O/c14-13(15)9-18-7-6-16-8-10-2-1-3-12-11(10)4-5-17-12/h1-5,13,16-17H,6-9H2. The molecule has 0 atom stereocenters. The van der Waals surface area contributed by atoms with Crippen molar-refractivity contribution in [1.29, 1.82) is 0 Å². The van der Waals surface area contributed by atoms with Gasteiger partial charge in [0.15, 0.2) is 0 Å². The quantitative estimate of drug-likeness (QED) is 0.745. The third-order valence-corrected chi connectivity index (χ3v) is 2.67. The van der Waals surface area contributed by atoms with Crippen LogP contribution in [0.4, 0.5) is 8.78 Å². The molecule has 0 fully saturated rings. The second-order valence-electron chi connectivity index (χ2n) is 4.00. The van der Waals surface area contributed by atoms with Crippen molar-refractivity contribution in [2.45, 2.75) is 13.0 Å². The molecule has 2 rings (SSSR count). The maximum atomic E-state index is 11.8. The van der Waals surface area contributed by atoms with E-state index in [4.69, 9.17) is 4.74 Å². The summed E-state index contributed by atoms with van der Waals surface area (Å²) in [6.07, 6.45) is -0.487. The molecule has 0 unspecified atom stereocenters. The Hall–Kier alpha value is -1.46. The first kappa shape index (κ1) is 13.0. The SMILES string of the molecule is FC(F)COCCNCc1cccc2[nH]ccc12. The fraction of sp³-hybridized carbons (Fsp3) is 0.385. The maximum Gasteiger partial charge on any atom is 0.261 e. The van der Waals surface area contributed by atoms with Crippen LogP contribution in [0.3, 0.4) is 0 Å². The monoisotopic (exact) mass is 254 g/mol. The molecule has 0 radical (unpaired) electrons. The maximum absolute atomic E-state index is 11.8. The number of alkyl halides is 2. The first-order chi connectivity index (χ1) is 8.77. The van der Waals surface area contributed by atoms with Crippen LogP contribution in [-0.4, -0.2) is 31.2 Å². The van der Waals surface area contributed by atoms with Crippen molar-refractivity contribution < 1.29 is 13.5 Å². The third-order valence-electron chi connectivity index (χ3n) is 2.67. The van der Waals surface area contributed by atoms with Crippen molar-refractivity contribution in [3.8, 4) is 0 Å². The molecule has 98 valence electrons. The zero-order chi connectivity index (χ0) is 12.8. The van der Waals surface area contributed by atoms with Crippen LogP contribution >= 0.6 is 0 Å². The van der Waals surface area contributed by atoms with E-state index in [0.717, 1.165) is 5.52 Å². The van der Waals surface area contributed by atoms with Crippen LogP contribution in [0, 0.1) is 0 Å². The van der Waals surface area contributed by atoms with E-state index in [2.05, 4.69) is 10.3 Å². The zero-order valence-corrected chi connectivity index (χ0v) is 9.96. The van der Waals surface area contributed by atoms with Gasteiger partial charge in [0.1, 0.15) is 6.61 Å². The van der Waals surface area contributed by atoms with Crippen molar-refractivity contribution in [1.82, 2.24) is 10.3 Å². The van der Waals surface area contributed by atoms with Crippen LogP contribution in [0.5, 0.6) is 0 Å². The Balaban J connectivity index is 1.75. The first-order valence-electron chi connectivity index (χ1n) is 5.89. The Morgan fingerprint density at radius 2 is 2.17 bits per heavy atom. The molecule has 0 saturated heterocycles. The summed E-state index contributed by atoms with van der Waals surface area (Å²) in [4.78, 5) is 3.15. The van der Waals surface area contributed by atoms with Gasteiger partial charge in [-0.25, -0.2) is 8.78 Å². The Kier molecular flexibility index (Phi) is 4.66. The molecule has 0 amide bonds. The number of fused-ring (bicyclic) bond motifs is 1. The summed E-state index contributed by atoms with van der Waals surface area (Å²) in [5.74, 6) is 0. The topological polar surface area (TPSA) is 37.0 Å². The van der Waals surface area contributed by atoms with Gasteiger partial charge in [-0.2, -0.15) is 0 Å². The average molecular weight is 254 g/mol. The van der Waals surface area contributed by atoms with Crippen LogP contribution < -0.4 is 5.32 Å². The summed E-state index contributed by atoms with van der Waals surface area (Å²) in [7, 11) is 0. The van der Waals surface area contributed by atoms with Crippen LogP contribution in [0.15, 0.2) is 30.5 Å². The van der Waals surface area contributed by atoms with Gasteiger partial charge in [0, 0.05) is 30.2 Å². The van der Waals surface area contributed by atoms with Crippen molar-refractivity contribution in [3.05, 3.63) is 36.0 Å². The molecule has 0 spiro atoms. The van der Waals surface area contributed by atoms with Gasteiger partial charge in [-0.3, -0.25) is 0 Å². The lowest BCUT2D eigenvalue weighted by Gasteiger charge is -2.07. The van der Waals surface area contributed by atoms with Gasteiger partial charge in [0.25, 0.3) is 6.43 Å². The van der Waals surface area contributed by atoms with Crippen molar-refractivity contribution in [3.63, 3.8) is 0 Å². The van der Waals surface area contributed by atoms with Gasteiger partial charge in [-0.15, -0.1) is 0 Å². The van der Waals surface area contributed by atoms with E-state index in [9.17, 15) is 8.78 Å². The molecule has 0 bridgehead atoms. The van der Waals surface area contributed by atoms with Crippen LogP contribution in [0.25, 0.3) is 10.9 Å². The van der Waals surface area contributed by atoms with Crippen molar-refractivity contribution in [2.24, 2.45) is 0 Å². The Labute approximate surface area is 104 Å². The number of nitrogens with one attached hydrogen (secondary N) is 2. The number of hydrogen-bond acceptors (Lipinski definition) is 2. The molecule has 18 heavy (non-hydrogen) atoms. The molecule has 2 aromatic rings. The molecular formula is C13H16F2N2O. The molecule has 1 aromatic carbocycles. The van der Waals surface area contributed by atoms with Crippen molar-refractivity contribution in [2.75, 3.05) is 19.8 Å². The fourth-order valence-electron chi connectivity index (χ4n) is 1.84. The minimum absolute atomic E-state index is 0.299. The van der Waals surface area contributed by atoms with Crippen LogP contribution in [0.2, 0.25) is 0 Å². The van der Waals surface area contributed by atoms with E-state index in [1.54, 1.807) is 0 Å². The normalized spacial score (nSPS) is 11.5. The number of rotatable bonds is 7. The first-order valence-corrected chi connectivity index (χ1v) is 5.89. The highest BCUT2D eigenvalue weighted by Crippen LogP contribution is 2.16. The van der Waals surface area contributed by atoms with E-state index in [1.165, 1.54) is 10.9 Å². The van der Waals surface area contributed by atoms with E-state index < -0.39 is 13.0 Å². The minimum atomic E-state index is -2.39. The fourth-order valence-corrected chi connectivity index (χ4v) is 1.84. The molecule has 2 N–H and O–H groups in total. The zero-order valence-electron chi connectivity index (χ0n) is 9.96. The summed E-state index contributed by atoms with van der Waals surface area (Å²) in [5.41, 5.74) is 2.28. The molecule has 1 heterocycles. The molecule has 3 nitrogen and oxygen atoms in total. The van der Waals surface area contributed by atoms with E-state index in [-0.39, 0.29) is 0 Å². The lowest BCUT2D eigenvalue weighted by Crippen LogP contribution is -2.20. The van der Waals surface area contributed by atoms with Crippen molar-refractivity contribution >= 4 is 10.9 Å². The highest BCUT2D eigenvalue weighted by Gasteiger charge is 2.02. The molecule has 5 heteroatoms. The number of hydrogen-bond donors (Lipinski definition) is 2.